The van der Waals surface area contributed by atoms with Gasteiger partial charge in [0.25, 0.3) is 5.91 Å². The fourth-order valence-electron chi connectivity index (χ4n) is 2.98. The van der Waals surface area contributed by atoms with Crippen LogP contribution in [0.4, 0.5) is 4.39 Å². The molecule has 1 unspecified atom stereocenters. The Labute approximate surface area is 151 Å². The molecular formula is C19H22FN5O. The highest BCUT2D eigenvalue weighted by atomic mass is 19.1. The highest BCUT2D eigenvalue weighted by Crippen LogP contribution is 2.19. The minimum Gasteiger partial charge on any atom is -0.350 e. The largest absolute Gasteiger partial charge is 0.350 e. The van der Waals surface area contributed by atoms with Crippen LogP contribution in [0.5, 0.6) is 0 Å². The molecule has 26 heavy (non-hydrogen) atoms. The van der Waals surface area contributed by atoms with Crippen molar-refractivity contribution in [3.63, 3.8) is 0 Å². The minimum absolute atomic E-state index is 0.140. The number of fused-ring (bicyclic) bond motifs is 1. The molecule has 1 aromatic carbocycles. The lowest BCUT2D eigenvalue weighted by atomic mass is 10.1. The Morgan fingerprint density at radius 3 is 2.77 bits per heavy atom. The van der Waals surface area contributed by atoms with Crippen molar-refractivity contribution in [1.82, 2.24) is 24.8 Å². The zero-order valence-electron chi connectivity index (χ0n) is 15.3. The Morgan fingerprint density at radius 1 is 1.31 bits per heavy atom. The van der Waals surface area contributed by atoms with Crippen LogP contribution < -0.4 is 5.32 Å². The maximum Gasteiger partial charge on any atom is 0.254 e. The molecule has 3 rings (SSSR count). The van der Waals surface area contributed by atoms with Gasteiger partial charge in [0.15, 0.2) is 5.65 Å². The van der Waals surface area contributed by atoms with Gasteiger partial charge in [-0.3, -0.25) is 4.79 Å². The van der Waals surface area contributed by atoms with E-state index >= 15 is 0 Å². The number of rotatable bonds is 5. The van der Waals surface area contributed by atoms with Gasteiger partial charge in [-0.25, -0.2) is 13.9 Å². The van der Waals surface area contributed by atoms with Crippen molar-refractivity contribution in [2.75, 3.05) is 20.6 Å². The molecule has 7 heteroatoms. The molecule has 0 spiro atoms. The molecule has 0 aliphatic carbocycles. The summed E-state index contributed by atoms with van der Waals surface area (Å²) >= 11 is 0. The van der Waals surface area contributed by atoms with E-state index in [1.54, 1.807) is 16.8 Å². The molecule has 136 valence electrons. The molecule has 0 saturated carbocycles. The van der Waals surface area contributed by atoms with Crippen molar-refractivity contribution in [2.45, 2.75) is 19.9 Å². The Balaban J connectivity index is 1.79. The van der Waals surface area contributed by atoms with Crippen molar-refractivity contribution in [3.8, 4) is 0 Å². The minimum atomic E-state index is -0.291. The lowest BCUT2D eigenvalue weighted by molar-refractivity contribution is 0.0940. The fourth-order valence-corrected chi connectivity index (χ4v) is 2.98. The Kier molecular flexibility index (Phi) is 4.99. The van der Waals surface area contributed by atoms with Gasteiger partial charge in [-0.1, -0.05) is 12.1 Å². The number of aryl methyl sites for hydroxylation is 2. The van der Waals surface area contributed by atoms with E-state index in [9.17, 15) is 9.18 Å². The monoisotopic (exact) mass is 355 g/mol. The van der Waals surface area contributed by atoms with E-state index in [0.29, 0.717) is 17.8 Å². The summed E-state index contributed by atoms with van der Waals surface area (Å²) in [4.78, 5) is 18.9. The highest BCUT2D eigenvalue weighted by molar-refractivity contribution is 5.95. The summed E-state index contributed by atoms with van der Waals surface area (Å²) in [5.74, 6) is -0.520. The molecule has 2 aromatic heterocycles. The fraction of sp³-hybridized carbons (Fsp3) is 0.316. The molecule has 1 atom stereocenters. The standard InChI is InChI=1S/C19H22FN5O/c1-12-8-18-21-10-16(13(2)25(18)23-12)19(26)22-11-17(24(3)4)14-6-5-7-15(20)9-14/h5-10,17H,11H2,1-4H3,(H,22,26). The molecule has 0 fully saturated rings. The first kappa shape index (κ1) is 18.0. The summed E-state index contributed by atoms with van der Waals surface area (Å²) < 4.78 is 15.2. The normalized spacial score (nSPS) is 12.5. The van der Waals surface area contributed by atoms with Gasteiger partial charge in [-0.2, -0.15) is 5.10 Å². The Bertz CT molecular complexity index is 950. The number of hydrogen-bond donors (Lipinski definition) is 1. The van der Waals surface area contributed by atoms with E-state index in [1.807, 2.05) is 45.0 Å². The van der Waals surface area contributed by atoms with Crippen molar-refractivity contribution in [3.05, 3.63) is 64.9 Å². The number of hydrogen-bond acceptors (Lipinski definition) is 4. The molecule has 0 aliphatic heterocycles. The topological polar surface area (TPSA) is 62.5 Å². The molecular weight excluding hydrogens is 333 g/mol. The molecule has 0 radical (unpaired) electrons. The van der Waals surface area contributed by atoms with E-state index < -0.39 is 0 Å². The second kappa shape index (κ2) is 7.21. The van der Waals surface area contributed by atoms with E-state index in [2.05, 4.69) is 15.4 Å². The molecule has 0 aliphatic rings. The SMILES string of the molecule is Cc1cc2ncc(C(=O)NCC(c3cccc(F)c3)N(C)C)c(C)n2n1. The van der Waals surface area contributed by atoms with Crippen LogP contribution in [-0.4, -0.2) is 46.0 Å². The molecule has 1 N–H and O–H groups in total. The van der Waals surface area contributed by atoms with Gasteiger partial charge in [-0.15, -0.1) is 0 Å². The van der Waals surface area contributed by atoms with Crippen LogP contribution in [0.3, 0.4) is 0 Å². The Hall–Kier alpha value is -2.80. The summed E-state index contributed by atoms with van der Waals surface area (Å²) in [5, 5.41) is 7.29. The third kappa shape index (κ3) is 3.57. The van der Waals surface area contributed by atoms with Gasteiger partial charge < -0.3 is 10.2 Å². The zero-order chi connectivity index (χ0) is 18.8. The summed E-state index contributed by atoms with van der Waals surface area (Å²) in [5.41, 5.74) is 3.56. The van der Waals surface area contributed by atoms with Gasteiger partial charge in [0.2, 0.25) is 0 Å². The van der Waals surface area contributed by atoms with Crippen molar-refractivity contribution >= 4 is 11.6 Å². The first-order valence-corrected chi connectivity index (χ1v) is 8.39. The predicted molar refractivity (Wildman–Crippen MR) is 97.6 cm³/mol. The summed E-state index contributed by atoms with van der Waals surface area (Å²) in [6, 6.07) is 8.14. The summed E-state index contributed by atoms with van der Waals surface area (Å²) in [6.07, 6.45) is 1.56. The molecule has 6 nitrogen and oxygen atoms in total. The van der Waals surface area contributed by atoms with Gasteiger partial charge in [-0.05, 0) is 45.6 Å². The van der Waals surface area contributed by atoms with Crippen LogP contribution in [0.15, 0.2) is 36.5 Å². The number of likely N-dealkylation sites (N-methyl/N-ethyl adjacent to an activating group) is 1. The average Bonchev–Trinajstić information content (AvgIpc) is 2.96. The van der Waals surface area contributed by atoms with Crippen molar-refractivity contribution < 1.29 is 9.18 Å². The van der Waals surface area contributed by atoms with Gasteiger partial charge in [0.05, 0.1) is 23.0 Å². The second-order valence-electron chi connectivity index (χ2n) is 6.56. The van der Waals surface area contributed by atoms with Crippen LogP contribution in [0, 0.1) is 19.7 Å². The summed E-state index contributed by atoms with van der Waals surface area (Å²) in [6.45, 7) is 4.07. The molecule has 1 amide bonds. The lowest BCUT2D eigenvalue weighted by Crippen LogP contribution is -2.35. The zero-order valence-corrected chi connectivity index (χ0v) is 15.3. The molecule has 0 saturated heterocycles. The van der Waals surface area contributed by atoms with E-state index in [-0.39, 0.29) is 17.8 Å². The summed E-state index contributed by atoms with van der Waals surface area (Å²) in [7, 11) is 3.79. The lowest BCUT2D eigenvalue weighted by Gasteiger charge is -2.25. The Morgan fingerprint density at radius 2 is 2.08 bits per heavy atom. The third-order valence-electron chi connectivity index (χ3n) is 4.40. The smallest absolute Gasteiger partial charge is 0.254 e. The molecule has 2 heterocycles. The maximum absolute atomic E-state index is 13.5. The van der Waals surface area contributed by atoms with Crippen LogP contribution in [0.2, 0.25) is 0 Å². The highest BCUT2D eigenvalue weighted by Gasteiger charge is 2.18. The van der Waals surface area contributed by atoms with Crippen LogP contribution in [0.1, 0.15) is 33.4 Å². The van der Waals surface area contributed by atoms with Crippen LogP contribution in [0.25, 0.3) is 5.65 Å². The van der Waals surface area contributed by atoms with Crippen molar-refractivity contribution in [2.24, 2.45) is 0 Å². The van der Waals surface area contributed by atoms with Gasteiger partial charge >= 0.3 is 0 Å². The van der Waals surface area contributed by atoms with Crippen LogP contribution >= 0.6 is 0 Å². The number of carbonyl (C=O) groups is 1. The predicted octanol–water partition coefficient (Wildman–Crippen LogP) is 2.52. The number of benzene rings is 1. The molecule has 0 bridgehead atoms. The van der Waals surface area contributed by atoms with E-state index in [1.165, 1.54) is 12.1 Å². The third-order valence-corrected chi connectivity index (χ3v) is 4.40. The number of nitrogens with one attached hydrogen (secondary N) is 1. The number of nitrogens with zero attached hydrogens (tertiary/aromatic N) is 4. The number of amides is 1. The van der Waals surface area contributed by atoms with Crippen LogP contribution in [-0.2, 0) is 0 Å². The number of carbonyl (C=O) groups excluding carboxylic acids is 1. The quantitative estimate of drug-likeness (QED) is 0.764. The number of halogens is 1. The molecule has 3 aromatic rings. The second-order valence-corrected chi connectivity index (χ2v) is 6.56. The average molecular weight is 355 g/mol. The number of aromatic nitrogens is 3. The first-order valence-electron chi connectivity index (χ1n) is 8.39. The van der Waals surface area contributed by atoms with E-state index in [4.69, 9.17) is 0 Å². The van der Waals surface area contributed by atoms with Gasteiger partial charge in [0, 0.05) is 18.8 Å². The van der Waals surface area contributed by atoms with Crippen molar-refractivity contribution in [1.29, 1.82) is 0 Å². The first-order chi connectivity index (χ1) is 12.4. The maximum atomic E-state index is 13.5. The van der Waals surface area contributed by atoms with E-state index in [0.717, 1.165) is 17.0 Å². The van der Waals surface area contributed by atoms with Gasteiger partial charge in [0.1, 0.15) is 5.82 Å².